The molecule has 1 heterocycles. The van der Waals surface area contributed by atoms with E-state index in [4.69, 9.17) is 9.15 Å². The molecule has 0 saturated heterocycles. The second-order valence-electron chi connectivity index (χ2n) is 4.18. The molecule has 0 aliphatic rings. The number of fused-ring (bicyclic) bond motifs is 1. The average molecular weight is 285 g/mol. The van der Waals surface area contributed by atoms with Crippen LogP contribution in [-0.2, 0) is 4.74 Å². The highest BCUT2D eigenvalue weighted by molar-refractivity contribution is 7.80. The first-order valence-corrected chi connectivity index (χ1v) is 6.41. The van der Waals surface area contributed by atoms with Crippen LogP contribution in [0.5, 0.6) is 0 Å². The normalized spacial score (nSPS) is 10.7. The van der Waals surface area contributed by atoms with Crippen LogP contribution in [-0.4, -0.2) is 18.1 Å². The van der Waals surface area contributed by atoms with Crippen molar-refractivity contribution in [2.24, 2.45) is 0 Å². The van der Waals surface area contributed by atoms with Crippen LogP contribution in [0.4, 0.5) is 0 Å². The maximum atomic E-state index is 11.7. The number of esters is 1. The van der Waals surface area contributed by atoms with E-state index in [0.29, 0.717) is 22.6 Å². The Hall–Kier alpha value is -2.27. The maximum Gasteiger partial charge on any atom is 0.340 e. The van der Waals surface area contributed by atoms with Gasteiger partial charge in [-0.1, -0.05) is 18.2 Å². The highest BCUT2D eigenvalue weighted by atomic mass is 32.1. The molecule has 3 rings (SSSR count). The van der Waals surface area contributed by atoms with Crippen molar-refractivity contribution >= 4 is 29.7 Å². The summed E-state index contributed by atoms with van der Waals surface area (Å²) in [4.78, 5) is 16.9. The molecular formula is C15H11NO3S. The summed E-state index contributed by atoms with van der Waals surface area (Å²) in [6.07, 6.45) is 0. The van der Waals surface area contributed by atoms with E-state index >= 15 is 0 Å². The molecule has 20 heavy (non-hydrogen) atoms. The zero-order chi connectivity index (χ0) is 14.1. The fourth-order valence-electron chi connectivity index (χ4n) is 1.99. The number of carbonyl (C=O) groups is 1. The monoisotopic (exact) mass is 285 g/mol. The predicted molar refractivity (Wildman–Crippen MR) is 78.0 cm³/mol. The predicted octanol–water partition coefficient (Wildman–Crippen LogP) is 3.57. The van der Waals surface area contributed by atoms with E-state index in [-0.39, 0.29) is 0 Å². The van der Waals surface area contributed by atoms with Crippen molar-refractivity contribution in [2.45, 2.75) is 4.90 Å². The van der Waals surface area contributed by atoms with E-state index in [0.717, 1.165) is 10.5 Å². The van der Waals surface area contributed by atoms with Gasteiger partial charge < -0.3 is 9.15 Å². The highest BCUT2D eigenvalue weighted by Crippen LogP contribution is 2.30. The minimum absolute atomic E-state index is 0.386. The SMILES string of the molecule is COC(=O)c1cccc2oc(-c3ccccc3S)nc12. The third-order valence-electron chi connectivity index (χ3n) is 2.96. The van der Waals surface area contributed by atoms with Gasteiger partial charge in [-0.2, -0.15) is 0 Å². The van der Waals surface area contributed by atoms with E-state index < -0.39 is 5.97 Å². The van der Waals surface area contributed by atoms with Gasteiger partial charge in [-0.3, -0.25) is 0 Å². The molecule has 0 atom stereocenters. The molecule has 0 radical (unpaired) electrons. The van der Waals surface area contributed by atoms with Crippen LogP contribution in [0.2, 0.25) is 0 Å². The topological polar surface area (TPSA) is 52.3 Å². The van der Waals surface area contributed by atoms with Crippen LogP contribution in [0.15, 0.2) is 51.8 Å². The van der Waals surface area contributed by atoms with Gasteiger partial charge >= 0.3 is 5.97 Å². The molecule has 5 heteroatoms. The molecule has 0 spiro atoms. The number of nitrogens with zero attached hydrogens (tertiary/aromatic N) is 1. The molecule has 100 valence electrons. The summed E-state index contributed by atoms with van der Waals surface area (Å²) in [5.41, 5.74) is 2.20. The lowest BCUT2D eigenvalue weighted by molar-refractivity contribution is 0.0603. The fourth-order valence-corrected chi connectivity index (χ4v) is 2.25. The Morgan fingerprint density at radius 1 is 1.20 bits per heavy atom. The van der Waals surface area contributed by atoms with Crippen LogP contribution < -0.4 is 0 Å². The summed E-state index contributed by atoms with van der Waals surface area (Å²) in [5, 5.41) is 0. The lowest BCUT2D eigenvalue weighted by Crippen LogP contribution is -2.01. The zero-order valence-corrected chi connectivity index (χ0v) is 11.6. The first kappa shape index (κ1) is 12.7. The molecule has 0 saturated carbocycles. The first-order chi connectivity index (χ1) is 9.70. The Labute approximate surface area is 120 Å². The van der Waals surface area contributed by atoms with Crippen molar-refractivity contribution in [3.63, 3.8) is 0 Å². The lowest BCUT2D eigenvalue weighted by Gasteiger charge is -1.98. The van der Waals surface area contributed by atoms with Crippen LogP contribution in [0, 0.1) is 0 Å². The molecule has 0 bridgehead atoms. The van der Waals surface area contributed by atoms with Gasteiger partial charge in [0.2, 0.25) is 5.89 Å². The molecule has 0 N–H and O–H groups in total. The Bertz CT molecular complexity index is 795. The molecule has 2 aromatic carbocycles. The van der Waals surface area contributed by atoms with Gasteiger partial charge in [0.15, 0.2) is 5.58 Å². The van der Waals surface area contributed by atoms with Gasteiger partial charge in [-0.25, -0.2) is 9.78 Å². The average Bonchev–Trinajstić information content (AvgIpc) is 2.90. The number of hydrogen-bond acceptors (Lipinski definition) is 5. The third-order valence-corrected chi connectivity index (χ3v) is 3.35. The van der Waals surface area contributed by atoms with Crippen molar-refractivity contribution in [2.75, 3.05) is 7.11 Å². The molecule has 4 nitrogen and oxygen atoms in total. The minimum Gasteiger partial charge on any atom is -0.465 e. The molecule has 1 aromatic heterocycles. The number of carbonyl (C=O) groups excluding carboxylic acids is 1. The molecule has 0 amide bonds. The number of ether oxygens (including phenoxy) is 1. The zero-order valence-electron chi connectivity index (χ0n) is 10.7. The molecule has 0 aliphatic carbocycles. The molecule has 0 fully saturated rings. The van der Waals surface area contributed by atoms with E-state index in [1.54, 1.807) is 18.2 Å². The molecule has 0 unspecified atom stereocenters. The van der Waals surface area contributed by atoms with Crippen LogP contribution in [0.25, 0.3) is 22.6 Å². The van der Waals surface area contributed by atoms with Gasteiger partial charge in [0.05, 0.1) is 18.2 Å². The van der Waals surface area contributed by atoms with Gasteiger partial charge in [-0.05, 0) is 24.3 Å². The smallest absolute Gasteiger partial charge is 0.340 e. The summed E-state index contributed by atoms with van der Waals surface area (Å²) < 4.78 is 10.4. The standard InChI is InChI=1S/C15H11NO3S/c1-18-15(17)10-6-4-7-11-13(10)16-14(19-11)9-5-2-3-8-12(9)20/h2-8,20H,1H3. The Morgan fingerprint density at radius 3 is 2.75 bits per heavy atom. The van der Waals surface area contributed by atoms with Crippen molar-refractivity contribution < 1.29 is 13.9 Å². The first-order valence-electron chi connectivity index (χ1n) is 5.97. The van der Waals surface area contributed by atoms with Gasteiger partial charge in [0.1, 0.15) is 5.52 Å². The Kier molecular flexibility index (Phi) is 3.20. The largest absolute Gasteiger partial charge is 0.465 e. The summed E-state index contributed by atoms with van der Waals surface area (Å²) >= 11 is 4.38. The van der Waals surface area contributed by atoms with Crippen molar-refractivity contribution in [1.29, 1.82) is 0 Å². The Balaban J connectivity index is 2.21. The number of benzene rings is 2. The van der Waals surface area contributed by atoms with Crippen molar-refractivity contribution in [3.8, 4) is 11.5 Å². The number of rotatable bonds is 2. The van der Waals surface area contributed by atoms with Crippen molar-refractivity contribution in [3.05, 3.63) is 48.0 Å². The van der Waals surface area contributed by atoms with Crippen molar-refractivity contribution in [1.82, 2.24) is 4.98 Å². The summed E-state index contributed by atoms with van der Waals surface area (Å²) in [7, 11) is 1.34. The maximum absolute atomic E-state index is 11.7. The van der Waals surface area contributed by atoms with E-state index in [2.05, 4.69) is 17.6 Å². The van der Waals surface area contributed by atoms with Gasteiger partial charge in [0, 0.05) is 4.90 Å². The van der Waals surface area contributed by atoms with Gasteiger partial charge in [-0.15, -0.1) is 12.6 Å². The quantitative estimate of drug-likeness (QED) is 0.577. The van der Waals surface area contributed by atoms with E-state index in [1.807, 2.05) is 24.3 Å². The minimum atomic E-state index is -0.436. The van der Waals surface area contributed by atoms with Crippen LogP contribution >= 0.6 is 12.6 Å². The summed E-state index contributed by atoms with van der Waals surface area (Å²) in [5.74, 6) is -0.00318. The fraction of sp³-hybridized carbons (Fsp3) is 0.0667. The second kappa shape index (κ2) is 5.02. The molecular weight excluding hydrogens is 274 g/mol. The number of thiol groups is 1. The molecule has 3 aromatic rings. The number of aromatic nitrogens is 1. The summed E-state index contributed by atoms with van der Waals surface area (Å²) in [6.45, 7) is 0. The second-order valence-corrected chi connectivity index (χ2v) is 4.66. The number of oxazole rings is 1. The number of methoxy groups -OCH3 is 1. The van der Waals surface area contributed by atoms with E-state index in [9.17, 15) is 4.79 Å². The van der Waals surface area contributed by atoms with Crippen LogP contribution in [0.1, 0.15) is 10.4 Å². The van der Waals surface area contributed by atoms with E-state index in [1.165, 1.54) is 7.11 Å². The molecule has 0 aliphatic heterocycles. The van der Waals surface area contributed by atoms with Crippen LogP contribution in [0.3, 0.4) is 0 Å². The van der Waals surface area contributed by atoms with Gasteiger partial charge in [0.25, 0.3) is 0 Å². The highest BCUT2D eigenvalue weighted by Gasteiger charge is 2.17. The number of para-hydroxylation sites is 1. The Morgan fingerprint density at radius 2 is 2.00 bits per heavy atom. The summed E-state index contributed by atoms with van der Waals surface area (Å²) in [6, 6.07) is 12.6. The lowest BCUT2D eigenvalue weighted by atomic mass is 10.2. The number of hydrogen-bond donors (Lipinski definition) is 1. The third kappa shape index (κ3) is 2.06.